The SMILES string of the molecule is CC(C)C(=O)c1ccccc1.CCCC(=O)c1ccccc1C. The summed E-state index contributed by atoms with van der Waals surface area (Å²) in [6.07, 6.45) is 1.58. The average Bonchev–Trinajstić information content (AvgIpc) is 2.56. The minimum Gasteiger partial charge on any atom is -0.294 e. The molecule has 122 valence electrons. The molecule has 0 bridgehead atoms. The Morgan fingerprint density at radius 1 is 0.913 bits per heavy atom. The first-order valence-electron chi connectivity index (χ1n) is 8.15. The molecule has 2 heteroatoms. The first kappa shape index (κ1) is 18.8. The molecule has 0 saturated heterocycles. The predicted octanol–water partition coefficient (Wildman–Crippen LogP) is 5.50. The minimum atomic E-state index is 0.0948. The van der Waals surface area contributed by atoms with E-state index in [1.54, 1.807) is 0 Å². The highest BCUT2D eigenvalue weighted by molar-refractivity contribution is 5.97. The van der Waals surface area contributed by atoms with Gasteiger partial charge in [0.1, 0.15) is 0 Å². The molecule has 2 rings (SSSR count). The van der Waals surface area contributed by atoms with Crippen LogP contribution < -0.4 is 0 Å². The summed E-state index contributed by atoms with van der Waals surface area (Å²) in [6.45, 7) is 7.82. The van der Waals surface area contributed by atoms with Crippen molar-refractivity contribution in [2.24, 2.45) is 5.92 Å². The van der Waals surface area contributed by atoms with E-state index >= 15 is 0 Å². The second-order valence-electron chi connectivity index (χ2n) is 5.87. The van der Waals surface area contributed by atoms with Gasteiger partial charge in [-0.15, -0.1) is 0 Å². The van der Waals surface area contributed by atoms with E-state index in [-0.39, 0.29) is 17.5 Å². The lowest BCUT2D eigenvalue weighted by atomic mass is 10.0. The van der Waals surface area contributed by atoms with Crippen molar-refractivity contribution in [2.45, 2.75) is 40.5 Å². The van der Waals surface area contributed by atoms with Crippen LogP contribution in [0.3, 0.4) is 0 Å². The van der Waals surface area contributed by atoms with Crippen LogP contribution in [0.25, 0.3) is 0 Å². The maximum Gasteiger partial charge on any atom is 0.165 e. The predicted molar refractivity (Wildman–Crippen MR) is 96.0 cm³/mol. The van der Waals surface area contributed by atoms with Crippen molar-refractivity contribution in [1.82, 2.24) is 0 Å². The van der Waals surface area contributed by atoms with E-state index in [1.807, 2.05) is 82.3 Å². The van der Waals surface area contributed by atoms with Crippen LogP contribution in [0.1, 0.15) is 59.9 Å². The van der Waals surface area contributed by atoms with E-state index < -0.39 is 0 Å². The van der Waals surface area contributed by atoms with Gasteiger partial charge in [0, 0.05) is 23.5 Å². The van der Waals surface area contributed by atoms with Crippen molar-refractivity contribution < 1.29 is 9.59 Å². The number of hydrogen-bond acceptors (Lipinski definition) is 2. The van der Waals surface area contributed by atoms with Gasteiger partial charge in [-0.1, -0.05) is 75.4 Å². The van der Waals surface area contributed by atoms with E-state index in [0.717, 1.165) is 23.1 Å². The second kappa shape index (κ2) is 9.73. The van der Waals surface area contributed by atoms with Gasteiger partial charge in [-0.05, 0) is 18.9 Å². The van der Waals surface area contributed by atoms with Gasteiger partial charge >= 0.3 is 0 Å². The summed E-state index contributed by atoms with van der Waals surface area (Å²) in [6, 6.07) is 17.1. The maximum absolute atomic E-state index is 11.5. The summed E-state index contributed by atoms with van der Waals surface area (Å²) >= 11 is 0. The van der Waals surface area contributed by atoms with E-state index in [9.17, 15) is 9.59 Å². The molecule has 0 heterocycles. The number of benzene rings is 2. The third-order valence-corrected chi connectivity index (χ3v) is 3.51. The lowest BCUT2D eigenvalue weighted by Gasteiger charge is -2.01. The van der Waals surface area contributed by atoms with Gasteiger partial charge in [-0.2, -0.15) is 0 Å². The molecule has 0 aliphatic carbocycles. The zero-order chi connectivity index (χ0) is 17.2. The molecule has 0 N–H and O–H groups in total. The van der Waals surface area contributed by atoms with E-state index in [4.69, 9.17) is 0 Å². The normalized spacial score (nSPS) is 9.96. The first-order valence-corrected chi connectivity index (χ1v) is 8.15. The molecule has 0 unspecified atom stereocenters. The van der Waals surface area contributed by atoms with Crippen LogP contribution in [0.4, 0.5) is 0 Å². The van der Waals surface area contributed by atoms with Gasteiger partial charge in [0.2, 0.25) is 0 Å². The number of ketones is 2. The zero-order valence-electron chi connectivity index (χ0n) is 14.5. The standard InChI is InChI=1S/C11H14O.C10H12O/c1-3-6-11(12)10-8-5-4-7-9(10)2;1-8(2)10(11)9-6-4-3-5-7-9/h4-5,7-8H,3,6H2,1-2H3;3-8H,1-2H3. The molecule has 0 radical (unpaired) electrons. The first-order chi connectivity index (χ1) is 11.0. The average molecular weight is 310 g/mol. The summed E-state index contributed by atoms with van der Waals surface area (Å²) < 4.78 is 0. The lowest BCUT2D eigenvalue weighted by molar-refractivity contribution is 0.0938. The topological polar surface area (TPSA) is 34.1 Å². The smallest absolute Gasteiger partial charge is 0.165 e. The van der Waals surface area contributed by atoms with Crippen LogP contribution in [-0.2, 0) is 0 Å². The largest absolute Gasteiger partial charge is 0.294 e. The second-order valence-corrected chi connectivity index (χ2v) is 5.87. The summed E-state index contributed by atoms with van der Waals surface area (Å²) in [5, 5.41) is 0. The molecule has 2 aromatic carbocycles. The van der Waals surface area contributed by atoms with Crippen molar-refractivity contribution >= 4 is 11.6 Å². The molecule has 0 saturated carbocycles. The molecule has 0 spiro atoms. The van der Waals surface area contributed by atoms with Gasteiger partial charge in [0.25, 0.3) is 0 Å². The van der Waals surface area contributed by atoms with Crippen LogP contribution in [0.15, 0.2) is 54.6 Å². The Bertz CT molecular complexity index is 627. The molecule has 0 aliphatic heterocycles. The molecule has 0 aliphatic rings. The summed E-state index contributed by atoms with van der Waals surface area (Å²) in [5.74, 6) is 0.568. The number of rotatable bonds is 5. The van der Waals surface area contributed by atoms with Gasteiger partial charge in [-0.25, -0.2) is 0 Å². The molecular weight excluding hydrogens is 284 g/mol. The monoisotopic (exact) mass is 310 g/mol. The molecule has 0 fully saturated rings. The van der Waals surface area contributed by atoms with E-state index in [1.165, 1.54) is 0 Å². The summed E-state index contributed by atoms with van der Waals surface area (Å²) in [4.78, 5) is 22.8. The zero-order valence-corrected chi connectivity index (χ0v) is 14.5. The third-order valence-electron chi connectivity index (χ3n) is 3.51. The van der Waals surface area contributed by atoms with Crippen LogP contribution in [0, 0.1) is 12.8 Å². The lowest BCUT2D eigenvalue weighted by Crippen LogP contribution is -2.06. The Labute approximate surface area is 139 Å². The minimum absolute atomic E-state index is 0.0948. The van der Waals surface area contributed by atoms with E-state index in [0.29, 0.717) is 6.42 Å². The Kier molecular flexibility index (Phi) is 7.96. The number of carbonyl (C=O) groups is 2. The van der Waals surface area contributed by atoms with Crippen molar-refractivity contribution in [3.63, 3.8) is 0 Å². The molecule has 0 aromatic heterocycles. The van der Waals surface area contributed by atoms with Gasteiger partial charge in [0.05, 0.1) is 0 Å². The summed E-state index contributed by atoms with van der Waals surface area (Å²) in [7, 11) is 0. The fourth-order valence-corrected chi connectivity index (χ4v) is 2.18. The van der Waals surface area contributed by atoms with E-state index in [2.05, 4.69) is 0 Å². The number of carbonyl (C=O) groups excluding carboxylic acids is 2. The number of Topliss-reactive ketones (excluding diaryl/α,β-unsaturated/α-hetero) is 2. The highest BCUT2D eigenvalue weighted by Gasteiger charge is 2.08. The Balaban J connectivity index is 0.000000231. The van der Waals surface area contributed by atoms with Gasteiger partial charge in [-0.3, -0.25) is 9.59 Å². The fourth-order valence-electron chi connectivity index (χ4n) is 2.18. The Morgan fingerprint density at radius 3 is 2.00 bits per heavy atom. The van der Waals surface area contributed by atoms with Crippen LogP contribution in [-0.4, -0.2) is 11.6 Å². The molecular formula is C21H26O2. The quantitative estimate of drug-likeness (QED) is 0.683. The molecule has 2 aromatic rings. The van der Waals surface area contributed by atoms with Crippen molar-refractivity contribution in [3.05, 3.63) is 71.3 Å². The fraction of sp³-hybridized carbons (Fsp3) is 0.333. The number of hydrogen-bond donors (Lipinski definition) is 0. The van der Waals surface area contributed by atoms with Gasteiger partial charge in [0.15, 0.2) is 11.6 Å². The van der Waals surface area contributed by atoms with Crippen molar-refractivity contribution in [3.8, 4) is 0 Å². The van der Waals surface area contributed by atoms with Crippen LogP contribution in [0.2, 0.25) is 0 Å². The van der Waals surface area contributed by atoms with Crippen LogP contribution >= 0.6 is 0 Å². The third kappa shape index (κ3) is 6.19. The summed E-state index contributed by atoms with van der Waals surface area (Å²) in [5.41, 5.74) is 2.76. The molecule has 2 nitrogen and oxygen atoms in total. The maximum atomic E-state index is 11.5. The Morgan fingerprint density at radius 2 is 1.48 bits per heavy atom. The highest BCUT2D eigenvalue weighted by Crippen LogP contribution is 2.10. The highest BCUT2D eigenvalue weighted by atomic mass is 16.1. The van der Waals surface area contributed by atoms with Crippen LogP contribution in [0.5, 0.6) is 0 Å². The molecule has 0 atom stereocenters. The van der Waals surface area contributed by atoms with Crippen molar-refractivity contribution in [2.75, 3.05) is 0 Å². The number of aryl methyl sites for hydroxylation is 1. The molecule has 0 amide bonds. The Hall–Kier alpha value is -2.22. The molecule has 23 heavy (non-hydrogen) atoms. The van der Waals surface area contributed by atoms with Crippen molar-refractivity contribution in [1.29, 1.82) is 0 Å². The van der Waals surface area contributed by atoms with Gasteiger partial charge < -0.3 is 0 Å².